The van der Waals surface area contributed by atoms with E-state index in [1.165, 1.54) is 18.6 Å². The number of rotatable bonds is 11. The van der Waals surface area contributed by atoms with Gasteiger partial charge in [-0.2, -0.15) is 0 Å². The molecule has 0 unspecified atom stereocenters. The van der Waals surface area contributed by atoms with Gasteiger partial charge in [-0.05, 0) is 66.2 Å². The third-order valence-corrected chi connectivity index (χ3v) is 7.97. The van der Waals surface area contributed by atoms with E-state index < -0.39 is 10.0 Å². The summed E-state index contributed by atoms with van der Waals surface area (Å²) in [6.45, 7) is 2.37. The molecule has 8 heteroatoms. The highest BCUT2D eigenvalue weighted by molar-refractivity contribution is 7.89. The highest BCUT2D eigenvalue weighted by Crippen LogP contribution is 2.29. The van der Waals surface area contributed by atoms with Gasteiger partial charge in [0.2, 0.25) is 10.0 Å². The first-order chi connectivity index (χ1) is 16.5. The average Bonchev–Trinajstić information content (AvgIpc) is 3.50. The molecule has 0 aliphatic heterocycles. The Kier molecular flexibility index (Phi) is 7.92. The first kappa shape index (κ1) is 24.3. The molecule has 34 heavy (non-hydrogen) atoms. The summed E-state index contributed by atoms with van der Waals surface area (Å²) in [7, 11) is -3.62. The molecule has 2 heterocycles. The van der Waals surface area contributed by atoms with E-state index in [-0.39, 0.29) is 17.3 Å². The maximum atomic E-state index is 13.4. The summed E-state index contributed by atoms with van der Waals surface area (Å²) in [5.74, 6) is 0.398. The minimum Gasteiger partial charge on any atom is -0.341 e. The molecule has 0 saturated heterocycles. The molecule has 4 aromatic rings. The first-order valence-electron chi connectivity index (χ1n) is 11.4. The molecule has 0 aliphatic rings. The lowest BCUT2D eigenvalue weighted by atomic mass is 10.1. The van der Waals surface area contributed by atoms with E-state index in [4.69, 9.17) is 4.98 Å². The molecule has 0 aliphatic carbocycles. The number of thiophene rings is 1. The fraction of sp³-hybridized carbons (Fsp3) is 0.269. The second kappa shape index (κ2) is 11.1. The number of nitrogens with zero attached hydrogens (tertiary/aromatic N) is 1. The minimum atomic E-state index is -3.62. The molecule has 5 nitrogen and oxygen atoms in total. The third kappa shape index (κ3) is 6.00. The molecule has 2 aromatic heterocycles. The van der Waals surface area contributed by atoms with Gasteiger partial charge in [0.05, 0.1) is 15.5 Å². The largest absolute Gasteiger partial charge is 0.341 e. The van der Waals surface area contributed by atoms with Crippen molar-refractivity contribution >= 4 is 21.4 Å². The summed E-state index contributed by atoms with van der Waals surface area (Å²) in [5, 5.41) is 1.97. The third-order valence-electron chi connectivity index (χ3n) is 5.62. The highest BCUT2D eigenvalue weighted by atomic mass is 32.2. The van der Waals surface area contributed by atoms with Gasteiger partial charge in [-0.15, -0.1) is 11.3 Å². The Morgan fingerprint density at radius 2 is 1.76 bits per heavy atom. The molecule has 2 N–H and O–H groups in total. The molecule has 178 valence electrons. The predicted molar refractivity (Wildman–Crippen MR) is 136 cm³/mol. The van der Waals surface area contributed by atoms with Gasteiger partial charge in [-0.3, -0.25) is 0 Å². The van der Waals surface area contributed by atoms with Crippen LogP contribution in [0.5, 0.6) is 0 Å². The van der Waals surface area contributed by atoms with Crippen LogP contribution in [0.15, 0.2) is 70.9 Å². The lowest BCUT2D eigenvalue weighted by molar-refractivity contribution is 0.581. The smallest absolute Gasteiger partial charge is 0.240 e. The van der Waals surface area contributed by atoms with Gasteiger partial charge < -0.3 is 4.98 Å². The summed E-state index contributed by atoms with van der Waals surface area (Å²) in [4.78, 5) is 9.29. The number of sulfonamides is 1. The van der Waals surface area contributed by atoms with Crippen molar-refractivity contribution < 1.29 is 12.8 Å². The van der Waals surface area contributed by atoms with Crippen molar-refractivity contribution in [2.75, 3.05) is 6.54 Å². The number of aryl methyl sites for hydroxylation is 1. The number of aromatic amines is 1. The lowest BCUT2D eigenvalue weighted by Gasteiger charge is -2.08. The van der Waals surface area contributed by atoms with Crippen LogP contribution in [-0.2, 0) is 22.9 Å². The number of hydrogen-bond acceptors (Lipinski definition) is 4. The second-order valence-electron chi connectivity index (χ2n) is 8.15. The maximum absolute atomic E-state index is 13.4. The number of nitrogens with one attached hydrogen (secondary N) is 2. The second-order valence-corrected chi connectivity index (χ2v) is 10.9. The molecular weight excluding hydrogens is 469 g/mol. The molecule has 0 radical (unpaired) electrons. The minimum absolute atomic E-state index is 0.209. The maximum Gasteiger partial charge on any atom is 0.240 e. The van der Waals surface area contributed by atoms with Gasteiger partial charge in [-0.25, -0.2) is 22.5 Å². The van der Waals surface area contributed by atoms with Crippen LogP contribution < -0.4 is 4.72 Å². The van der Waals surface area contributed by atoms with Crippen molar-refractivity contribution in [2.24, 2.45) is 0 Å². The summed E-state index contributed by atoms with van der Waals surface area (Å²) < 4.78 is 41.7. The van der Waals surface area contributed by atoms with E-state index in [2.05, 4.69) is 16.6 Å². The van der Waals surface area contributed by atoms with Crippen molar-refractivity contribution in [1.82, 2.24) is 14.7 Å². The SMILES string of the molecule is CCCCCc1ccc(S(=O)(=O)NCCc2[nH]c(-c3cccs3)nc2-c2ccc(F)cc2)cc1. The Labute approximate surface area is 204 Å². The van der Waals surface area contributed by atoms with Crippen molar-refractivity contribution in [3.05, 3.63) is 83.1 Å². The van der Waals surface area contributed by atoms with E-state index in [9.17, 15) is 12.8 Å². The number of halogens is 1. The molecule has 0 bridgehead atoms. The van der Waals surface area contributed by atoms with Crippen LogP contribution in [0.3, 0.4) is 0 Å². The van der Waals surface area contributed by atoms with E-state index in [0.29, 0.717) is 17.9 Å². The van der Waals surface area contributed by atoms with E-state index in [1.807, 2.05) is 29.6 Å². The van der Waals surface area contributed by atoms with Crippen LogP contribution in [0, 0.1) is 5.82 Å². The van der Waals surface area contributed by atoms with E-state index in [0.717, 1.165) is 41.0 Å². The molecule has 4 rings (SSSR count). The van der Waals surface area contributed by atoms with Crippen LogP contribution in [-0.4, -0.2) is 24.9 Å². The fourth-order valence-electron chi connectivity index (χ4n) is 3.77. The Balaban J connectivity index is 1.47. The Morgan fingerprint density at radius 3 is 2.44 bits per heavy atom. The highest BCUT2D eigenvalue weighted by Gasteiger charge is 2.17. The number of H-pyrrole nitrogens is 1. The first-order valence-corrected chi connectivity index (χ1v) is 13.8. The summed E-state index contributed by atoms with van der Waals surface area (Å²) in [6, 6.07) is 17.2. The van der Waals surface area contributed by atoms with E-state index >= 15 is 0 Å². The van der Waals surface area contributed by atoms with Gasteiger partial charge >= 0.3 is 0 Å². The van der Waals surface area contributed by atoms with Crippen molar-refractivity contribution in [3.63, 3.8) is 0 Å². The van der Waals surface area contributed by atoms with Crippen LogP contribution >= 0.6 is 11.3 Å². The predicted octanol–water partition coefficient (Wildman–Crippen LogP) is 6.20. The molecule has 0 fully saturated rings. The zero-order valence-electron chi connectivity index (χ0n) is 19.1. The Hall–Kier alpha value is -2.81. The quantitative estimate of drug-likeness (QED) is 0.242. The number of benzene rings is 2. The van der Waals surface area contributed by atoms with Crippen molar-refractivity contribution in [2.45, 2.75) is 43.9 Å². The monoisotopic (exact) mass is 497 g/mol. The zero-order valence-corrected chi connectivity index (χ0v) is 20.7. The summed E-state index contributed by atoms with van der Waals surface area (Å²) in [6.07, 6.45) is 4.81. The normalized spacial score (nSPS) is 11.7. The van der Waals surface area contributed by atoms with Gasteiger partial charge in [0.25, 0.3) is 0 Å². The molecule has 0 amide bonds. The van der Waals surface area contributed by atoms with Crippen molar-refractivity contribution in [1.29, 1.82) is 0 Å². The van der Waals surface area contributed by atoms with Crippen LogP contribution in [0.2, 0.25) is 0 Å². The van der Waals surface area contributed by atoms with Crippen LogP contribution in [0.4, 0.5) is 4.39 Å². The lowest BCUT2D eigenvalue weighted by Crippen LogP contribution is -2.26. The Bertz CT molecular complexity index is 1300. The van der Waals surface area contributed by atoms with Gasteiger partial charge in [-0.1, -0.05) is 38.0 Å². The fourth-order valence-corrected chi connectivity index (χ4v) is 5.48. The number of aromatic nitrogens is 2. The zero-order chi connectivity index (χ0) is 24.0. The topological polar surface area (TPSA) is 74.8 Å². The van der Waals surface area contributed by atoms with Crippen LogP contribution in [0.1, 0.15) is 37.4 Å². The van der Waals surface area contributed by atoms with E-state index in [1.54, 1.807) is 35.6 Å². The van der Waals surface area contributed by atoms with Crippen molar-refractivity contribution in [3.8, 4) is 22.0 Å². The van der Waals surface area contributed by atoms with Gasteiger partial charge in [0.1, 0.15) is 11.6 Å². The standard InChI is InChI=1S/C26H28FN3O2S2/c1-2-3-4-6-19-8-14-22(15-9-19)34(31,32)28-17-16-23-25(20-10-12-21(27)13-11-20)30-26(29-23)24-7-5-18-33-24/h5,7-15,18,28H,2-4,6,16-17H2,1H3,(H,29,30). The Morgan fingerprint density at radius 1 is 1.00 bits per heavy atom. The number of imidazole rings is 1. The molecular formula is C26H28FN3O2S2. The molecule has 0 saturated carbocycles. The number of unbranched alkanes of at least 4 members (excludes halogenated alkanes) is 2. The molecule has 0 spiro atoms. The van der Waals surface area contributed by atoms with Crippen LogP contribution in [0.25, 0.3) is 22.0 Å². The average molecular weight is 498 g/mol. The molecule has 0 atom stereocenters. The van der Waals surface area contributed by atoms with Gasteiger partial charge in [0.15, 0.2) is 0 Å². The summed E-state index contributed by atoms with van der Waals surface area (Å²) in [5.41, 5.74) is 3.41. The number of hydrogen-bond donors (Lipinski definition) is 2. The van der Waals surface area contributed by atoms with Gasteiger partial charge in [0, 0.05) is 24.2 Å². The summed E-state index contributed by atoms with van der Waals surface area (Å²) >= 11 is 1.56. The molecule has 2 aromatic carbocycles.